The lowest BCUT2D eigenvalue weighted by Gasteiger charge is -2.26. The third-order valence-corrected chi connectivity index (χ3v) is 6.25. The van der Waals surface area contributed by atoms with E-state index in [4.69, 9.17) is 10.8 Å². The predicted octanol–water partition coefficient (Wildman–Crippen LogP) is 0.955. The molecule has 3 amide bonds. The number of amides is 3. The number of carboxylic acids is 2. The number of aromatic hydroxyl groups is 1. The summed E-state index contributed by atoms with van der Waals surface area (Å²) in [4.78, 5) is 62.2. The van der Waals surface area contributed by atoms with Gasteiger partial charge in [0.25, 0.3) is 0 Å². The van der Waals surface area contributed by atoms with Gasteiger partial charge in [-0.3, -0.25) is 19.2 Å². The second kappa shape index (κ2) is 16.0. The molecule has 0 aliphatic carbocycles. The number of hydrogen-bond donors (Lipinski definition) is 7. The zero-order valence-electron chi connectivity index (χ0n) is 23.1. The van der Waals surface area contributed by atoms with Crippen molar-refractivity contribution in [3.8, 4) is 5.75 Å². The highest BCUT2D eigenvalue weighted by atomic mass is 16.4. The molecular formula is C29H38N4O8. The maximum absolute atomic E-state index is 13.4. The number of benzene rings is 2. The summed E-state index contributed by atoms with van der Waals surface area (Å²) < 4.78 is 0. The molecule has 0 radical (unpaired) electrons. The average molecular weight is 571 g/mol. The number of nitrogens with one attached hydrogen (secondary N) is 3. The van der Waals surface area contributed by atoms with E-state index in [0.29, 0.717) is 11.1 Å². The van der Waals surface area contributed by atoms with Gasteiger partial charge < -0.3 is 37.0 Å². The summed E-state index contributed by atoms with van der Waals surface area (Å²) in [6.45, 7) is 3.68. The molecule has 4 atom stereocenters. The number of phenols is 1. The molecule has 12 nitrogen and oxygen atoms in total. The van der Waals surface area contributed by atoms with Gasteiger partial charge in [0.1, 0.15) is 23.9 Å². The number of phenolic OH excluding ortho intramolecular Hbond substituents is 1. The zero-order chi connectivity index (χ0) is 30.5. The Balaban J connectivity index is 2.23. The number of carbonyl (C=O) groups excluding carboxylic acids is 3. The highest BCUT2D eigenvalue weighted by Crippen LogP contribution is 2.13. The van der Waals surface area contributed by atoms with Gasteiger partial charge in [-0.05, 0) is 42.0 Å². The molecule has 0 heterocycles. The molecule has 2 aromatic rings. The van der Waals surface area contributed by atoms with Crippen LogP contribution < -0.4 is 21.7 Å². The number of carboxylic acid groups (broad SMARTS) is 2. The van der Waals surface area contributed by atoms with Crippen molar-refractivity contribution in [3.05, 3.63) is 65.7 Å². The summed E-state index contributed by atoms with van der Waals surface area (Å²) in [6, 6.07) is 10.0. The van der Waals surface area contributed by atoms with Crippen LogP contribution in [0.2, 0.25) is 0 Å². The largest absolute Gasteiger partial charge is 0.508 e. The third kappa shape index (κ3) is 11.7. The van der Waals surface area contributed by atoms with Crippen LogP contribution in [0.15, 0.2) is 54.6 Å². The number of rotatable bonds is 16. The molecule has 0 saturated heterocycles. The molecule has 0 aliphatic heterocycles. The molecular weight excluding hydrogens is 532 g/mol. The van der Waals surface area contributed by atoms with Crippen LogP contribution in [0.1, 0.15) is 44.2 Å². The Morgan fingerprint density at radius 1 is 0.732 bits per heavy atom. The van der Waals surface area contributed by atoms with Crippen molar-refractivity contribution < 1.29 is 39.3 Å². The maximum atomic E-state index is 13.4. The predicted molar refractivity (Wildman–Crippen MR) is 150 cm³/mol. The molecule has 8 N–H and O–H groups in total. The van der Waals surface area contributed by atoms with Gasteiger partial charge in [-0.15, -0.1) is 0 Å². The molecule has 0 aromatic heterocycles. The highest BCUT2D eigenvalue weighted by molar-refractivity contribution is 5.94. The maximum Gasteiger partial charge on any atom is 0.326 e. The second-order valence-electron chi connectivity index (χ2n) is 10.3. The molecule has 2 aromatic carbocycles. The van der Waals surface area contributed by atoms with E-state index in [0.717, 1.165) is 0 Å². The standard InChI is InChI=1S/C29H38N4O8/c1-17(2)14-22(31-26(37)21(30)12-13-25(35)36)27(38)32-23(15-18-6-4-3-5-7-18)28(39)33-24(29(40)41)16-19-8-10-20(34)11-9-19/h3-11,17,21-24,34H,12-16,30H2,1-2H3,(H,31,37)(H,32,38)(H,33,39)(H,35,36)(H,40,41)/t21-,22-,23-,24-/m0/s1. The van der Waals surface area contributed by atoms with E-state index in [-0.39, 0.29) is 43.8 Å². The van der Waals surface area contributed by atoms with Gasteiger partial charge in [-0.25, -0.2) is 4.79 Å². The van der Waals surface area contributed by atoms with E-state index >= 15 is 0 Å². The second-order valence-corrected chi connectivity index (χ2v) is 10.3. The Labute approximate surface area is 238 Å². The minimum atomic E-state index is -1.32. The minimum Gasteiger partial charge on any atom is -0.508 e. The van der Waals surface area contributed by atoms with Crippen molar-refractivity contribution >= 4 is 29.7 Å². The van der Waals surface area contributed by atoms with E-state index < -0.39 is 53.8 Å². The lowest BCUT2D eigenvalue weighted by Crippen LogP contribution is -2.58. The first-order valence-electron chi connectivity index (χ1n) is 13.3. The van der Waals surface area contributed by atoms with Crippen LogP contribution in [0.5, 0.6) is 5.75 Å². The molecule has 0 saturated carbocycles. The van der Waals surface area contributed by atoms with Crippen LogP contribution in [0, 0.1) is 5.92 Å². The van der Waals surface area contributed by atoms with Crippen molar-refractivity contribution in [2.45, 2.75) is 70.1 Å². The topological polar surface area (TPSA) is 208 Å². The minimum absolute atomic E-state index is 0.0150. The van der Waals surface area contributed by atoms with Crippen molar-refractivity contribution in [3.63, 3.8) is 0 Å². The Morgan fingerprint density at radius 2 is 1.24 bits per heavy atom. The van der Waals surface area contributed by atoms with Crippen LogP contribution in [-0.4, -0.2) is 69.1 Å². The summed E-state index contributed by atoms with van der Waals surface area (Å²) in [5, 5.41) is 35.8. The molecule has 0 fully saturated rings. The average Bonchev–Trinajstić information content (AvgIpc) is 2.91. The van der Waals surface area contributed by atoms with E-state index in [1.807, 2.05) is 13.8 Å². The van der Waals surface area contributed by atoms with E-state index in [1.165, 1.54) is 12.1 Å². The molecule has 41 heavy (non-hydrogen) atoms. The SMILES string of the molecule is CC(C)C[C@H](NC(=O)[C@@H](N)CCC(=O)O)C(=O)N[C@@H](Cc1ccccc1)C(=O)N[C@@H](Cc1ccc(O)cc1)C(=O)O. The van der Waals surface area contributed by atoms with Crippen LogP contribution in [0.4, 0.5) is 0 Å². The molecule has 12 heteroatoms. The van der Waals surface area contributed by atoms with Crippen molar-refractivity contribution in [1.82, 2.24) is 16.0 Å². The summed E-state index contributed by atoms with van der Waals surface area (Å²) in [6.07, 6.45) is -0.239. The number of aliphatic carboxylic acids is 2. The molecule has 0 aliphatic rings. The molecule has 2 rings (SSSR count). The normalized spacial score (nSPS) is 13.9. The fourth-order valence-electron chi connectivity index (χ4n) is 4.06. The molecule has 0 bridgehead atoms. The van der Waals surface area contributed by atoms with E-state index in [9.17, 15) is 34.2 Å². The first kappa shape index (κ1) is 32.8. The summed E-state index contributed by atoms with van der Waals surface area (Å²) in [5.41, 5.74) is 7.09. The number of carbonyl (C=O) groups is 5. The van der Waals surface area contributed by atoms with Crippen LogP contribution in [0.3, 0.4) is 0 Å². The first-order valence-corrected chi connectivity index (χ1v) is 13.3. The van der Waals surface area contributed by atoms with Crippen LogP contribution >= 0.6 is 0 Å². The van der Waals surface area contributed by atoms with Crippen molar-refractivity contribution in [1.29, 1.82) is 0 Å². The Hall–Kier alpha value is -4.45. The highest BCUT2D eigenvalue weighted by Gasteiger charge is 2.31. The molecule has 222 valence electrons. The van der Waals surface area contributed by atoms with Gasteiger partial charge in [0.05, 0.1) is 6.04 Å². The lowest BCUT2D eigenvalue weighted by atomic mass is 10.00. The fourth-order valence-corrected chi connectivity index (χ4v) is 4.06. The quantitative estimate of drug-likeness (QED) is 0.153. The van der Waals surface area contributed by atoms with Gasteiger partial charge in [0.15, 0.2) is 0 Å². The monoisotopic (exact) mass is 570 g/mol. The van der Waals surface area contributed by atoms with E-state index in [2.05, 4.69) is 16.0 Å². The molecule has 0 spiro atoms. The summed E-state index contributed by atoms with van der Waals surface area (Å²) in [7, 11) is 0. The number of hydrogen-bond acceptors (Lipinski definition) is 7. The van der Waals surface area contributed by atoms with Gasteiger partial charge in [0, 0.05) is 19.3 Å². The number of nitrogens with two attached hydrogens (primary N) is 1. The zero-order valence-corrected chi connectivity index (χ0v) is 23.1. The summed E-state index contributed by atoms with van der Waals surface area (Å²) in [5.74, 6) is -4.51. The van der Waals surface area contributed by atoms with E-state index in [1.54, 1.807) is 42.5 Å². The Morgan fingerprint density at radius 3 is 1.80 bits per heavy atom. The summed E-state index contributed by atoms with van der Waals surface area (Å²) >= 11 is 0. The third-order valence-electron chi connectivity index (χ3n) is 6.25. The van der Waals surface area contributed by atoms with Gasteiger partial charge >= 0.3 is 11.9 Å². The lowest BCUT2D eigenvalue weighted by molar-refractivity contribution is -0.142. The van der Waals surface area contributed by atoms with Gasteiger partial charge in [0.2, 0.25) is 17.7 Å². The van der Waals surface area contributed by atoms with Crippen molar-refractivity contribution in [2.24, 2.45) is 11.7 Å². The smallest absolute Gasteiger partial charge is 0.326 e. The fraction of sp³-hybridized carbons (Fsp3) is 0.414. The molecule has 0 unspecified atom stereocenters. The Bertz CT molecular complexity index is 1190. The van der Waals surface area contributed by atoms with Crippen LogP contribution in [-0.2, 0) is 36.8 Å². The van der Waals surface area contributed by atoms with Gasteiger partial charge in [-0.2, -0.15) is 0 Å². The van der Waals surface area contributed by atoms with Crippen molar-refractivity contribution in [2.75, 3.05) is 0 Å². The first-order chi connectivity index (χ1) is 19.3. The Kier molecular flexibility index (Phi) is 12.8. The van der Waals surface area contributed by atoms with Gasteiger partial charge in [-0.1, -0.05) is 56.3 Å². The van der Waals surface area contributed by atoms with Crippen LogP contribution in [0.25, 0.3) is 0 Å².